The van der Waals surface area contributed by atoms with Crippen LogP contribution in [-0.4, -0.2) is 6.36 Å². The molecule has 20 heavy (non-hydrogen) atoms. The summed E-state index contributed by atoms with van der Waals surface area (Å²) in [6.07, 6.45) is -4.72. The van der Waals surface area contributed by atoms with Gasteiger partial charge in [0.2, 0.25) is 0 Å². The Hall–Kier alpha value is -2.17. The van der Waals surface area contributed by atoms with Crippen LogP contribution in [0.1, 0.15) is 11.1 Å². The maximum absolute atomic E-state index is 12.3. The van der Waals surface area contributed by atoms with Crippen molar-refractivity contribution in [1.82, 2.24) is 0 Å². The van der Waals surface area contributed by atoms with Gasteiger partial charge >= 0.3 is 6.36 Å². The Morgan fingerprint density at radius 1 is 0.850 bits per heavy atom. The Morgan fingerprint density at radius 2 is 1.45 bits per heavy atom. The van der Waals surface area contributed by atoms with Crippen molar-refractivity contribution in [3.8, 4) is 17.2 Å². The summed E-state index contributed by atoms with van der Waals surface area (Å²) in [5.41, 5.74) is 1.46. The topological polar surface area (TPSA) is 18.5 Å². The summed E-state index contributed by atoms with van der Waals surface area (Å²) in [5.74, 6) is 0.582. The van der Waals surface area contributed by atoms with Crippen molar-refractivity contribution in [1.29, 1.82) is 0 Å². The van der Waals surface area contributed by atoms with Crippen LogP contribution < -0.4 is 9.47 Å². The highest BCUT2D eigenvalue weighted by atomic mass is 19.4. The standard InChI is InChI=1S/C15H13F3O2/c1-10-3-6-12(7-4-10)19-13-8-5-11(2)14(9-13)20-15(16,17)18/h3-9H,1-2H3. The molecule has 0 saturated heterocycles. The van der Waals surface area contributed by atoms with E-state index in [9.17, 15) is 13.2 Å². The minimum absolute atomic E-state index is 0.262. The smallest absolute Gasteiger partial charge is 0.457 e. The van der Waals surface area contributed by atoms with Gasteiger partial charge in [-0.05, 0) is 37.6 Å². The van der Waals surface area contributed by atoms with Crippen LogP contribution >= 0.6 is 0 Å². The van der Waals surface area contributed by atoms with Crippen molar-refractivity contribution in [3.05, 3.63) is 53.6 Å². The molecule has 2 aromatic carbocycles. The average Bonchev–Trinajstić information content (AvgIpc) is 2.34. The Morgan fingerprint density at radius 3 is 2.05 bits per heavy atom. The minimum atomic E-state index is -4.72. The van der Waals surface area contributed by atoms with Gasteiger partial charge in [0.1, 0.15) is 17.2 Å². The van der Waals surface area contributed by atoms with Crippen molar-refractivity contribution < 1.29 is 22.6 Å². The predicted octanol–water partition coefficient (Wildman–Crippen LogP) is 4.99. The first kappa shape index (κ1) is 14.2. The third-order valence-corrected chi connectivity index (χ3v) is 2.64. The van der Waals surface area contributed by atoms with Crippen molar-refractivity contribution in [3.63, 3.8) is 0 Å². The highest BCUT2D eigenvalue weighted by Gasteiger charge is 2.31. The van der Waals surface area contributed by atoms with Crippen LogP contribution in [0.4, 0.5) is 13.2 Å². The molecule has 0 aromatic heterocycles. The van der Waals surface area contributed by atoms with E-state index in [0.717, 1.165) is 5.56 Å². The third-order valence-electron chi connectivity index (χ3n) is 2.64. The van der Waals surface area contributed by atoms with E-state index in [4.69, 9.17) is 4.74 Å². The molecule has 0 amide bonds. The zero-order chi connectivity index (χ0) is 14.8. The van der Waals surface area contributed by atoms with E-state index in [1.807, 2.05) is 19.1 Å². The maximum Gasteiger partial charge on any atom is 0.573 e. The molecule has 5 heteroatoms. The molecule has 0 heterocycles. The lowest BCUT2D eigenvalue weighted by Crippen LogP contribution is -2.17. The summed E-state index contributed by atoms with van der Waals surface area (Å²) in [7, 11) is 0. The van der Waals surface area contributed by atoms with E-state index in [0.29, 0.717) is 17.1 Å². The van der Waals surface area contributed by atoms with Gasteiger partial charge < -0.3 is 9.47 Å². The van der Waals surface area contributed by atoms with Crippen LogP contribution in [-0.2, 0) is 0 Å². The first-order chi connectivity index (χ1) is 9.33. The zero-order valence-electron chi connectivity index (χ0n) is 11.0. The second kappa shape index (κ2) is 5.45. The van der Waals surface area contributed by atoms with Crippen LogP contribution in [0.3, 0.4) is 0 Å². The molecule has 106 valence electrons. The number of hydrogen-bond acceptors (Lipinski definition) is 2. The molecule has 2 nitrogen and oxygen atoms in total. The van der Waals surface area contributed by atoms with Crippen molar-refractivity contribution >= 4 is 0 Å². The molecule has 0 fully saturated rings. The van der Waals surface area contributed by atoms with Crippen molar-refractivity contribution in [2.24, 2.45) is 0 Å². The summed E-state index contributed by atoms with van der Waals surface area (Å²) >= 11 is 0. The van der Waals surface area contributed by atoms with Crippen LogP contribution in [0.5, 0.6) is 17.2 Å². The van der Waals surface area contributed by atoms with Crippen molar-refractivity contribution in [2.75, 3.05) is 0 Å². The summed E-state index contributed by atoms with van der Waals surface area (Å²) in [5, 5.41) is 0. The van der Waals surface area contributed by atoms with Gasteiger partial charge in [-0.15, -0.1) is 13.2 Å². The fourth-order valence-electron chi connectivity index (χ4n) is 1.62. The molecular weight excluding hydrogens is 269 g/mol. The molecule has 0 aliphatic carbocycles. The van der Waals surface area contributed by atoms with Crippen molar-refractivity contribution in [2.45, 2.75) is 20.2 Å². The lowest BCUT2D eigenvalue weighted by atomic mass is 10.2. The molecule has 0 bridgehead atoms. The quantitative estimate of drug-likeness (QED) is 0.789. The summed E-state index contributed by atoms with van der Waals surface area (Å²) in [6.45, 7) is 3.47. The van der Waals surface area contributed by atoms with Crippen LogP contribution in [0.25, 0.3) is 0 Å². The number of halogens is 3. The van der Waals surface area contributed by atoms with Gasteiger partial charge in [0.05, 0.1) is 0 Å². The largest absolute Gasteiger partial charge is 0.573 e. The van der Waals surface area contributed by atoms with Gasteiger partial charge in [-0.3, -0.25) is 0 Å². The van der Waals surface area contributed by atoms with Gasteiger partial charge in [0, 0.05) is 6.07 Å². The van der Waals surface area contributed by atoms with Gasteiger partial charge in [0.15, 0.2) is 0 Å². The third kappa shape index (κ3) is 3.91. The van der Waals surface area contributed by atoms with Crippen LogP contribution in [0.15, 0.2) is 42.5 Å². The number of benzene rings is 2. The zero-order valence-corrected chi connectivity index (χ0v) is 11.0. The summed E-state index contributed by atoms with van der Waals surface area (Å²) in [6, 6.07) is 11.6. The molecule has 0 aliphatic rings. The van der Waals surface area contributed by atoms with E-state index in [1.165, 1.54) is 19.1 Å². The molecule has 2 rings (SSSR count). The normalized spacial score (nSPS) is 11.2. The fraction of sp³-hybridized carbons (Fsp3) is 0.200. The summed E-state index contributed by atoms with van der Waals surface area (Å²) < 4.78 is 46.2. The Labute approximate surface area is 114 Å². The monoisotopic (exact) mass is 282 g/mol. The molecular formula is C15H13F3O2. The molecule has 0 saturated carbocycles. The van der Waals surface area contributed by atoms with Crippen LogP contribution in [0.2, 0.25) is 0 Å². The average molecular weight is 282 g/mol. The Bertz CT molecular complexity index is 589. The second-order valence-corrected chi connectivity index (χ2v) is 4.39. The highest BCUT2D eigenvalue weighted by molar-refractivity contribution is 5.42. The van der Waals surface area contributed by atoms with E-state index < -0.39 is 6.36 Å². The number of ether oxygens (including phenoxy) is 2. The molecule has 0 unspecified atom stereocenters. The van der Waals surface area contributed by atoms with E-state index in [-0.39, 0.29) is 5.75 Å². The lowest BCUT2D eigenvalue weighted by Gasteiger charge is -2.13. The Kier molecular flexibility index (Phi) is 3.88. The van der Waals surface area contributed by atoms with Gasteiger partial charge in [0.25, 0.3) is 0 Å². The lowest BCUT2D eigenvalue weighted by molar-refractivity contribution is -0.274. The van der Waals surface area contributed by atoms with Crippen LogP contribution in [0, 0.1) is 13.8 Å². The number of aryl methyl sites for hydroxylation is 2. The molecule has 0 radical (unpaired) electrons. The fourth-order valence-corrected chi connectivity index (χ4v) is 1.62. The van der Waals surface area contributed by atoms with Gasteiger partial charge in [-0.2, -0.15) is 0 Å². The second-order valence-electron chi connectivity index (χ2n) is 4.39. The predicted molar refractivity (Wildman–Crippen MR) is 69.1 cm³/mol. The molecule has 0 aliphatic heterocycles. The Balaban J connectivity index is 2.20. The first-order valence-corrected chi connectivity index (χ1v) is 5.94. The SMILES string of the molecule is Cc1ccc(Oc2ccc(C)c(OC(F)(F)F)c2)cc1. The number of rotatable bonds is 3. The molecule has 0 atom stereocenters. The minimum Gasteiger partial charge on any atom is -0.457 e. The first-order valence-electron chi connectivity index (χ1n) is 5.94. The number of hydrogen-bond donors (Lipinski definition) is 0. The van der Waals surface area contributed by atoms with E-state index in [1.54, 1.807) is 18.2 Å². The number of alkyl halides is 3. The van der Waals surface area contributed by atoms with E-state index in [2.05, 4.69) is 4.74 Å². The van der Waals surface area contributed by atoms with Gasteiger partial charge in [-0.1, -0.05) is 23.8 Å². The maximum atomic E-state index is 12.3. The van der Waals surface area contributed by atoms with Gasteiger partial charge in [-0.25, -0.2) is 0 Å². The van der Waals surface area contributed by atoms with E-state index >= 15 is 0 Å². The highest BCUT2D eigenvalue weighted by Crippen LogP contribution is 2.31. The molecule has 0 spiro atoms. The molecule has 2 aromatic rings. The molecule has 0 N–H and O–H groups in total. The summed E-state index contributed by atoms with van der Waals surface area (Å²) in [4.78, 5) is 0.